The third-order valence-electron chi connectivity index (χ3n) is 4.33. The topological polar surface area (TPSA) is 58.6 Å². The van der Waals surface area contributed by atoms with E-state index in [-0.39, 0.29) is 17.7 Å². The Balaban J connectivity index is 1.80. The average Bonchev–Trinajstić information content (AvgIpc) is 2.64. The first-order valence-corrected chi connectivity index (χ1v) is 8.44. The average molecular weight is 338 g/mol. The molecule has 1 amide bonds. The summed E-state index contributed by atoms with van der Waals surface area (Å²) in [5.41, 5.74) is 2.28. The molecule has 25 heavy (non-hydrogen) atoms. The Kier molecular flexibility index (Phi) is 5.58. The number of hydrogen-bond acceptors (Lipinski definition) is 4. The predicted octanol–water partition coefficient (Wildman–Crippen LogP) is 2.90. The fourth-order valence-electron chi connectivity index (χ4n) is 3.00. The molecule has 1 heterocycles. The fourth-order valence-corrected chi connectivity index (χ4v) is 3.00. The van der Waals surface area contributed by atoms with E-state index in [0.717, 1.165) is 18.7 Å². The van der Waals surface area contributed by atoms with Gasteiger partial charge in [-0.15, -0.1) is 0 Å². The van der Waals surface area contributed by atoms with Crippen molar-refractivity contribution in [2.75, 3.05) is 31.6 Å². The lowest BCUT2D eigenvalue weighted by Gasteiger charge is -2.33. The summed E-state index contributed by atoms with van der Waals surface area (Å²) in [5, 5.41) is 2.97. The van der Waals surface area contributed by atoms with Gasteiger partial charge >= 0.3 is 0 Å². The maximum absolute atomic E-state index is 13.0. The molecule has 0 bridgehead atoms. The summed E-state index contributed by atoms with van der Waals surface area (Å²) in [4.78, 5) is 26.5. The van der Waals surface area contributed by atoms with Crippen molar-refractivity contribution in [1.29, 1.82) is 0 Å². The molecule has 3 rings (SSSR count). The Morgan fingerprint density at radius 1 is 1.00 bits per heavy atom. The van der Waals surface area contributed by atoms with Crippen LogP contribution in [0.1, 0.15) is 28.9 Å². The number of ether oxygens (including phenoxy) is 1. The Morgan fingerprint density at radius 2 is 1.64 bits per heavy atom. The Hall–Kier alpha value is -2.50. The summed E-state index contributed by atoms with van der Waals surface area (Å²) in [7, 11) is 0. The fraction of sp³-hybridized carbons (Fsp3) is 0.300. The number of benzene rings is 2. The molecular weight excluding hydrogens is 316 g/mol. The summed E-state index contributed by atoms with van der Waals surface area (Å²) in [6.07, 6.45) is 0. The zero-order chi connectivity index (χ0) is 17.6. The molecule has 0 radical (unpaired) electrons. The first-order chi connectivity index (χ1) is 12.1. The van der Waals surface area contributed by atoms with Gasteiger partial charge in [0.1, 0.15) is 6.04 Å². The molecule has 5 nitrogen and oxygen atoms in total. The third-order valence-corrected chi connectivity index (χ3v) is 4.33. The molecular formula is C20H22N2O3. The number of carbonyl (C=O) groups excluding carboxylic acids is 2. The standard InChI is InChI=1S/C20H22N2O3/c1-15(23)16-7-9-18(10-8-16)21-20(24)19(17-5-3-2-4-6-17)22-11-13-25-14-12-22/h2-10,19H,11-14H2,1H3,(H,21,24)/t19-/m1/s1. The van der Waals surface area contributed by atoms with Crippen molar-refractivity contribution in [3.8, 4) is 0 Å². The maximum Gasteiger partial charge on any atom is 0.246 e. The second-order valence-corrected chi connectivity index (χ2v) is 6.08. The highest BCUT2D eigenvalue weighted by molar-refractivity contribution is 5.97. The minimum atomic E-state index is -0.363. The van der Waals surface area contributed by atoms with Crippen LogP contribution in [-0.4, -0.2) is 42.9 Å². The lowest BCUT2D eigenvalue weighted by Crippen LogP contribution is -2.43. The monoisotopic (exact) mass is 338 g/mol. The van der Waals surface area contributed by atoms with Crippen LogP contribution in [0.3, 0.4) is 0 Å². The highest BCUT2D eigenvalue weighted by Crippen LogP contribution is 2.24. The van der Waals surface area contributed by atoms with E-state index in [1.54, 1.807) is 24.3 Å². The summed E-state index contributed by atoms with van der Waals surface area (Å²) in [5.74, 6) is -0.0722. The molecule has 5 heteroatoms. The van der Waals surface area contributed by atoms with Crippen LogP contribution in [-0.2, 0) is 9.53 Å². The molecule has 0 saturated carbocycles. The van der Waals surface area contributed by atoms with Crippen molar-refractivity contribution in [2.45, 2.75) is 13.0 Å². The number of amides is 1. The quantitative estimate of drug-likeness (QED) is 0.852. The largest absolute Gasteiger partial charge is 0.379 e. The van der Waals surface area contributed by atoms with E-state index in [9.17, 15) is 9.59 Å². The van der Waals surface area contributed by atoms with E-state index in [4.69, 9.17) is 4.74 Å². The van der Waals surface area contributed by atoms with E-state index < -0.39 is 0 Å². The van der Waals surface area contributed by atoms with Gasteiger partial charge in [-0.25, -0.2) is 0 Å². The molecule has 1 aliphatic heterocycles. The van der Waals surface area contributed by atoms with Gasteiger partial charge < -0.3 is 10.1 Å². The minimum Gasteiger partial charge on any atom is -0.379 e. The van der Waals surface area contributed by atoms with E-state index in [1.165, 1.54) is 6.92 Å². The third kappa shape index (κ3) is 4.32. The Labute approximate surface area is 147 Å². The molecule has 130 valence electrons. The van der Waals surface area contributed by atoms with Crippen molar-refractivity contribution >= 4 is 17.4 Å². The van der Waals surface area contributed by atoms with Gasteiger partial charge in [0.05, 0.1) is 13.2 Å². The van der Waals surface area contributed by atoms with Gasteiger partial charge in [-0.3, -0.25) is 14.5 Å². The van der Waals surface area contributed by atoms with Gasteiger partial charge in [0.15, 0.2) is 5.78 Å². The van der Waals surface area contributed by atoms with Crippen LogP contribution in [0.15, 0.2) is 54.6 Å². The summed E-state index contributed by atoms with van der Waals surface area (Å²) in [6, 6.07) is 16.4. The molecule has 0 aromatic heterocycles. The Bertz CT molecular complexity index is 722. The predicted molar refractivity (Wildman–Crippen MR) is 96.7 cm³/mol. The second-order valence-electron chi connectivity index (χ2n) is 6.08. The Morgan fingerprint density at radius 3 is 2.24 bits per heavy atom. The van der Waals surface area contributed by atoms with Crippen LogP contribution in [0.4, 0.5) is 5.69 Å². The maximum atomic E-state index is 13.0. The first kappa shape index (κ1) is 17.3. The number of carbonyl (C=O) groups is 2. The van der Waals surface area contributed by atoms with E-state index >= 15 is 0 Å². The van der Waals surface area contributed by atoms with Gasteiger partial charge in [-0.2, -0.15) is 0 Å². The van der Waals surface area contributed by atoms with E-state index in [2.05, 4.69) is 10.2 Å². The molecule has 0 spiro atoms. The lowest BCUT2D eigenvalue weighted by atomic mass is 10.0. The van der Waals surface area contributed by atoms with Crippen molar-refractivity contribution in [1.82, 2.24) is 4.90 Å². The van der Waals surface area contributed by atoms with Gasteiger partial charge in [0, 0.05) is 24.3 Å². The molecule has 1 atom stereocenters. The number of rotatable bonds is 5. The lowest BCUT2D eigenvalue weighted by molar-refractivity contribution is -0.123. The number of nitrogens with zero attached hydrogens (tertiary/aromatic N) is 1. The van der Waals surface area contributed by atoms with Gasteiger partial charge in [0.2, 0.25) is 5.91 Å². The van der Waals surface area contributed by atoms with Crippen molar-refractivity contribution < 1.29 is 14.3 Å². The second kappa shape index (κ2) is 8.05. The molecule has 1 N–H and O–H groups in total. The van der Waals surface area contributed by atoms with Crippen LogP contribution < -0.4 is 5.32 Å². The van der Waals surface area contributed by atoms with Crippen molar-refractivity contribution in [3.63, 3.8) is 0 Å². The molecule has 2 aromatic rings. The molecule has 0 unspecified atom stereocenters. The van der Waals surface area contributed by atoms with Crippen molar-refractivity contribution in [3.05, 3.63) is 65.7 Å². The molecule has 1 aliphatic rings. The smallest absolute Gasteiger partial charge is 0.246 e. The highest BCUT2D eigenvalue weighted by Gasteiger charge is 2.29. The zero-order valence-corrected chi connectivity index (χ0v) is 14.3. The SMILES string of the molecule is CC(=O)c1ccc(NC(=O)[C@@H](c2ccccc2)N2CCOCC2)cc1. The first-order valence-electron chi connectivity index (χ1n) is 8.44. The van der Waals surface area contributed by atoms with E-state index in [1.807, 2.05) is 30.3 Å². The summed E-state index contributed by atoms with van der Waals surface area (Å²) in [6.45, 7) is 4.22. The number of anilines is 1. The van der Waals surface area contributed by atoms with Crippen molar-refractivity contribution in [2.24, 2.45) is 0 Å². The van der Waals surface area contributed by atoms with Gasteiger partial charge in [-0.1, -0.05) is 30.3 Å². The number of morpholine rings is 1. The molecule has 1 fully saturated rings. The van der Waals surface area contributed by atoms with Gasteiger partial charge in [0.25, 0.3) is 0 Å². The van der Waals surface area contributed by atoms with Crippen LogP contribution in [0.25, 0.3) is 0 Å². The molecule has 1 saturated heterocycles. The molecule has 0 aliphatic carbocycles. The van der Waals surface area contributed by atoms with Crippen LogP contribution in [0.5, 0.6) is 0 Å². The van der Waals surface area contributed by atoms with Crippen LogP contribution in [0.2, 0.25) is 0 Å². The molecule has 2 aromatic carbocycles. The number of ketones is 1. The zero-order valence-electron chi connectivity index (χ0n) is 14.3. The number of nitrogens with one attached hydrogen (secondary N) is 1. The van der Waals surface area contributed by atoms with Crippen LogP contribution >= 0.6 is 0 Å². The number of Topliss-reactive ketones (excluding diaryl/α,β-unsaturated/α-hetero) is 1. The van der Waals surface area contributed by atoms with Gasteiger partial charge in [-0.05, 0) is 36.8 Å². The summed E-state index contributed by atoms with van der Waals surface area (Å²) >= 11 is 0. The minimum absolute atomic E-state index is 0.00774. The summed E-state index contributed by atoms with van der Waals surface area (Å²) < 4.78 is 5.41. The highest BCUT2D eigenvalue weighted by atomic mass is 16.5. The number of hydrogen-bond donors (Lipinski definition) is 1. The van der Waals surface area contributed by atoms with Crippen LogP contribution in [0, 0.1) is 0 Å². The van der Waals surface area contributed by atoms with E-state index in [0.29, 0.717) is 24.5 Å². The normalized spacial score (nSPS) is 16.2.